The molecule has 4 rings (SSSR count). The molecule has 0 fully saturated rings. The molecule has 34 heavy (non-hydrogen) atoms. The summed E-state index contributed by atoms with van der Waals surface area (Å²) in [6.07, 6.45) is 3.94. The van der Waals surface area contributed by atoms with Crippen molar-refractivity contribution in [1.29, 1.82) is 0 Å². The second kappa shape index (κ2) is 10.6. The van der Waals surface area contributed by atoms with E-state index in [1.807, 2.05) is 48.8 Å². The number of thioether (sulfide) groups is 1. The highest BCUT2D eigenvalue weighted by atomic mass is 32.2. The van der Waals surface area contributed by atoms with Gasteiger partial charge in [0.2, 0.25) is 5.91 Å². The molecule has 2 aromatic heterocycles. The van der Waals surface area contributed by atoms with Gasteiger partial charge in [0.05, 0.1) is 17.9 Å². The summed E-state index contributed by atoms with van der Waals surface area (Å²) >= 11 is 2.81. The van der Waals surface area contributed by atoms with Gasteiger partial charge in [-0.3, -0.25) is 4.79 Å². The molecule has 0 spiro atoms. The molecule has 1 amide bonds. The third kappa shape index (κ3) is 5.12. The number of nitrogens with zero attached hydrogens (tertiary/aromatic N) is 4. The van der Waals surface area contributed by atoms with Crippen LogP contribution in [0.2, 0.25) is 0 Å². The Morgan fingerprint density at radius 2 is 2.03 bits per heavy atom. The molecule has 1 N–H and O–H groups in total. The fourth-order valence-electron chi connectivity index (χ4n) is 3.98. The van der Waals surface area contributed by atoms with Crippen molar-refractivity contribution in [2.75, 3.05) is 36.7 Å². The summed E-state index contributed by atoms with van der Waals surface area (Å²) in [4.78, 5) is 28.6. The van der Waals surface area contributed by atoms with Crippen molar-refractivity contribution in [3.63, 3.8) is 0 Å². The number of esters is 1. The molecule has 1 aromatic carbocycles. The van der Waals surface area contributed by atoms with E-state index in [1.54, 1.807) is 6.92 Å². The topological polar surface area (TPSA) is 89.3 Å². The highest BCUT2D eigenvalue weighted by Crippen LogP contribution is 2.38. The minimum absolute atomic E-state index is 0.161. The van der Waals surface area contributed by atoms with E-state index in [4.69, 9.17) is 4.74 Å². The molecule has 2 heterocycles. The number of hydrogen-bond acceptors (Lipinski definition) is 8. The number of aryl methyl sites for hydroxylation is 1. The van der Waals surface area contributed by atoms with Gasteiger partial charge in [-0.1, -0.05) is 23.9 Å². The van der Waals surface area contributed by atoms with Gasteiger partial charge in [0.15, 0.2) is 11.0 Å². The molecule has 10 heteroatoms. The van der Waals surface area contributed by atoms with Crippen LogP contribution in [-0.2, 0) is 29.4 Å². The van der Waals surface area contributed by atoms with Crippen molar-refractivity contribution in [2.45, 2.75) is 37.8 Å². The minimum Gasteiger partial charge on any atom is -0.462 e. The van der Waals surface area contributed by atoms with Crippen LogP contribution in [0, 0.1) is 0 Å². The van der Waals surface area contributed by atoms with Crippen LogP contribution in [-0.4, -0.2) is 53.1 Å². The Bertz CT molecular complexity index is 1200. The first-order chi connectivity index (χ1) is 16.4. The van der Waals surface area contributed by atoms with Gasteiger partial charge in [-0.2, -0.15) is 0 Å². The monoisotopic (exact) mass is 499 g/mol. The number of carbonyl (C=O) groups is 2. The van der Waals surface area contributed by atoms with Gasteiger partial charge in [-0.25, -0.2) is 4.79 Å². The summed E-state index contributed by atoms with van der Waals surface area (Å²) in [5.41, 5.74) is 3.60. The van der Waals surface area contributed by atoms with Crippen LogP contribution in [0.25, 0.3) is 11.4 Å². The molecule has 1 aliphatic rings. The van der Waals surface area contributed by atoms with Crippen molar-refractivity contribution < 1.29 is 14.3 Å². The first-order valence-electron chi connectivity index (χ1n) is 11.3. The van der Waals surface area contributed by atoms with Gasteiger partial charge >= 0.3 is 5.97 Å². The maximum atomic E-state index is 12.8. The van der Waals surface area contributed by atoms with Crippen LogP contribution < -0.4 is 10.2 Å². The lowest BCUT2D eigenvalue weighted by Crippen LogP contribution is -2.17. The van der Waals surface area contributed by atoms with Crippen molar-refractivity contribution in [3.05, 3.63) is 40.3 Å². The number of fused-ring (bicyclic) bond motifs is 1. The van der Waals surface area contributed by atoms with Crippen LogP contribution in [0.1, 0.15) is 40.6 Å². The highest BCUT2D eigenvalue weighted by molar-refractivity contribution is 7.99. The fraction of sp³-hybridized carbons (Fsp3) is 0.417. The molecule has 3 aromatic rings. The lowest BCUT2D eigenvalue weighted by atomic mass is 9.95. The zero-order valence-electron chi connectivity index (χ0n) is 19.9. The molecule has 0 saturated heterocycles. The average molecular weight is 500 g/mol. The van der Waals surface area contributed by atoms with Gasteiger partial charge in [-0.05, 0) is 50.3 Å². The molecule has 180 valence electrons. The Morgan fingerprint density at radius 3 is 2.79 bits per heavy atom. The van der Waals surface area contributed by atoms with E-state index in [-0.39, 0.29) is 17.6 Å². The van der Waals surface area contributed by atoms with Crippen LogP contribution in [0.4, 0.5) is 10.7 Å². The normalized spacial score (nSPS) is 12.8. The molecular weight excluding hydrogens is 470 g/mol. The number of aromatic nitrogens is 3. The van der Waals surface area contributed by atoms with Gasteiger partial charge in [-0.15, -0.1) is 21.5 Å². The van der Waals surface area contributed by atoms with Gasteiger partial charge in [0.1, 0.15) is 5.00 Å². The molecule has 1 aliphatic carbocycles. The summed E-state index contributed by atoms with van der Waals surface area (Å²) in [5.74, 6) is 0.354. The number of rotatable bonds is 8. The standard InChI is InChI=1S/C24H29N5O3S2/c1-5-32-23(31)20-17-11-6-7-12-18(17)34-22(20)25-19(30)14-33-24-27-26-21(29(24)4)15-9-8-10-16(13-15)28(2)3/h8-10,13H,5-7,11-12,14H2,1-4H3,(H,25,30). The maximum Gasteiger partial charge on any atom is 0.341 e. The van der Waals surface area contributed by atoms with E-state index >= 15 is 0 Å². The quantitative estimate of drug-likeness (QED) is 0.363. The van der Waals surface area contributed by atoms with E-state index in [2.05, 4.69) is 21.6 Å². The Hall–Kier alpha value is -2.85. The van der Waals surface area contributed by atoms with Crippen LogP contribution in [0.3, 0.4) is 0 Å². The lowest BCUT2D eigenvalue weighted by Gasteiger charge is -2.13. The van der Waals surface area contributed by atoms with Gasteiger partial charge in [0.25, 0.3) is 0 Å². The van der Waals surface area contributed by atoms with Crippen LogP contribution >= 0.6 is 23.1 Å². The highest BCUT2D eigenvalue weighted by Gasteiger charge is 2.27. The summed E-state index contributed by atoms with van der Waals surface area (Å²) in [7, 11) is 5.88. The number of benzene rings is 1. The number of thiophene rings is 1. The number of hydrogen-bond donors (Lipinski definition) is 1. The molecule has 0 unspecified atom stereocenters. The van der Waals surface area contributed by atoms with Crippen molar-refractivity contribution in [2.24, 2.45) is 7.05 Å². The Balaban J connectivity index is 1.46. The summed E-state index contributed by atoms with van der Waals surface area (Å²) < 4.78 is 7.16. The third-order valence-corrected chi connectivity index (χ3v) is 7.92. The van der Waals surface area contributed by atoms with E-state index in [0.717, 1.165) is 48.3 Å². The van der Waals surface area contributed by atoms with Crippen LogP contribution in [0.5, 0.6) is 0 Å². The second-order valence-electron chi connectivity index (χ2n) is 8.28. The fourth-order valence-corrected chi connectivity index (χ4v) is 5.99. The third-order valence-electron chi connectivity index (χ3n) is 5.69. The van der Waals surface area contributed by atoms with Crippen molar-refractivity contribution in [3.8, 4) is 11.4 Å². The zero-order chi connectivity index (χ0) is 24.2. The summed E-state index contributed by atoms with van der Waals surface area (Å²) in [5, 5.41) is 12.8. The van der Waals surface area contributed by atoms with Crippen molar-refractivity contribution in [1.82, 2.24) is 14.8 Å². The number of amides is 1. The number of ether oxygens (including phenoxy) is 1. The number of carbonyl (C=O) groups excluding carboxylic acids is 2. The molecule has 0 bridgehead atoms. The predicted octanol–water partition coefficient (Wildman–Crippen LogP) is 4.40. The second-order valence-corrected chi connectivity index (χ2v) is 10.3. The summed E-state index contributed by atoms with van der Waals surface area (Å²) in [6.45, 7) is 2.09. The maximum absolute atomic E-state index is 12.8. The Morgan fingerprint density at radius 1 is 1.24 bits per heavy atom. The average Bonchev–Trinajstić information content (AvgIpc) is 3.37. The predicted molar refractivity (Wildman–Crippen MR) is 137 cm³/mol. The molecule has 0 saturated carbocycles. The number of anilines is 2. The summed E-state index contributed by atoms with van der Waals surface area (Å²) in [6, 6.07) is 8.07. The SMILES string of the molecule is CCOC(=O)c1c(NC(=O)CSc2nnc(-c3cccc(N(C)C)c3)n2C)sc2c1CCCC2. The largest absolute Gasteiger partial charge is 0.462 e. The zero-order valence-corrected chi connectivity index (χ0v) is 21.5. The lowest BCUT2D eigenvalue weighted by molar-refractivity contribution is -0.113. The smallest absolute Gasteiger partial charge is 0.341 e. The number of nitrogens with one attached hydrogen (secondary N) is 1. The first kappa shape index (κ1) is 24.3. The first-order valence-corrected chi connectivity index (χ1v) is 13.1. The molecular formula is C24H29N5O3S2. The molecule has 0 atom stereocenters. The minimum atomic E-state index is -0.359. The van der Waals surface area contributed by atoms with E-state index in [1.165, 1.54) is 28.0 Å². The van der Waals surface area contributed by atoms with E-state index < -0.39 is 0 Å². The Labute approximate surface area is 207 Å². The molecule has 0 aliphatic heterocycles. The van der Waals surface area contributed by atoms with Gasteiger partial charge < -0.3 is 19.5 Å². The van der Waals surface area contributed by atoms with Gasteiger partial charge in [0, 0.05) is 37.3 Å². The Kier molecular flexibility index (Phi) is 7.57. The molecule has 8 nitrogen and oxygen atoms in total. The molecule has 0 radical (unpaired) electrons. The van der Waals surface area contributed by atoms with E-state index in [9.17, 15) is 9.59 Å². The van der Waals surface area contributed by atoms with Crippen molar-refractivity contribution >= 4 is 45.7 Å². The van der Waals surface area contributed by atoms with E-state index in [0.29, 0.717) is 22.3 Å². The van der Waals surface area contributed by atoms with Crippen LogP contribution in [0.15, 0.2) is 29.4 Å².